The second kappa shape index (κ2) is 5.48. The van der Waals surface area contributed by atoms with E-state index < -0.39 is 6.10 Å². The lowest BCUT2D eigenvalue weighted by atomic mass is 9.75. The average Bonchev–Trinajstić information content (AvgIpc) is 2.39. The van der Waals surface area contributed by atoms with Gasteiger partial charge < -0.3 is 15.6 Å². The molecule has 17 heavy (non-hydrogen) atoms. The molecule has 1 saturated heterocycles. The van der Waals surface area contributed by atoms with Crippen LogP contribution in [0.15, 0.2) is 28.7 Å². The van der Waals surface area contributed by atoms with Crippen molar-refractivity contribution in [2.45, 2.75) is 18.9 Å². The molecule has 4 heteroatoms. The third-order valence-corrected chi connectivity index (χ3v) is 4.05. The van der Waals surface area contributed by atoms with Crippen molar-refractivity contribution in [2.24, 2.45) is 11.1 Å². The summed E-state index contributed by atoms with van der Waals surface area (Å²) in [6.45, 7) is 1.76. The third-order valence-electron chi connectivity index (χ3n) is 3.53. The summed E-state index contributed by atoms with van der Waals surface area (Å²) in [6.07, 6.45) is 1.33. The second-order valence-corrected chi connectivity index (χ2v) is 5.59. The van der Waals surface area contributed by atoms with Gasteiger partial charge >= 0.3 is 0 Å². The molecule has 2 rings (SSSR count). The standard InChI is InChI=1S/C13H18BrNO2/c14-11-4-2-10(3-5-11)12(16)13(8-15)6-1-7-17-9-13/h2-5,12,16H,1,6-9,15H2. The van der Waals surface area contributed by atoms with E-state index in [1.54, 1.807) is 0 Å². The maximum atomic E-state index is 10.5. The van der Waals surface area contributed by atoms with Crippen molar-refractivity contribution in [2.75, 3.05) is 19.8 Å². The van der Waals surface area contributed by atoms with Gasteiger partial charge in [0.1, 0.15) is 0 Å². The molecule has 1 aromatic rings. The predicted octanol–water partition coefficient (Wildman–Crippen LogP) is 2.24. The zero-order chi connectivity index (χ0) is 12.3. The summed E-state index contributed by atoms with van der Waals surface area (Å²) < 4.78 is 6.50. The van der Waals surface area contributed by atoms with Gasteiger partial charge in [0, 0.05) is 23.0 Å². The highest BCUT2D eigenvalue weighted by Crippen LogP contribution is 2.40. The van der Waals surface area contributed by atoms with Crippen molar-refractivity contribution >= 4 is 15.9 Å². The highest BCUT2D eigenvalue weighted by Gasteiger charge is 2.39. The molecule has 1 fully saturated rings. The lowest BCUT2D eigenvalue weighted by molar-refractivity contribution is -0.0782. The van der Waals surface area contributed by atoms with Gasteiger partial charge in [-0.15, -0.1) is 0 Å². The van der Waals surface area contributed by atoms with Crippen LogP contribution in [0, 0.1) is 5.41 Å². The highest BCUT2D eigenvalue weighted by atomic mass is 79.9. The first-order chi connectivity index (χ1) is 8.18. The molecule has 2 unspecified atom stereocenters. The summed E-state index contributed by atoms with van der Waals surface area (Å²) in [5.74, 6) is 0. The first kappa shape index (κ1) is 13.0. The molecule has 0 bridgehead atoms. The Morgan fingerprint density at radius 3 is 2.65 bits per heavy atom. The van der Waals surface area contributed by atoms with Crippen LogP contribution in [0.2, 0.25) is 0 Å². The molecule has 94 valence electrons. The van der Waals surface area contributed by atoms with Gasteiger partial charge in [0.15, 0.2) is 0 Å². The summed E-state index contributed by atoms with van der Waals surface area (Å²) in [5, 5.41) is 10.5. The van der Waals surface area contributed by atoms with Gasteiger partial charge in [-0.1, -0.05) is 28.1 Å². The Morgan fingerprint density at radius 1 is 1.41 bits per heavy atom. The van der Waals surface area contributed by atoms with E-state index in [1.165, 1.54) is 0 Å². The molecule has 0 aromatic heterocycles. The summed E-state index contributed by atoms with van der Waals surface area (Å²) in [5.41, 5.74) is 6.44. The van der Waals surface area contributed by atoms with Crippen LogP contribution < -0.4 is 5.73 Å². The SMILES string of the molecule is NCC1(C(O)c2ccc(Br)cc2)CCCOC1. The van der Waals surface area contributed by atoms with Crippen LogP contribution in [0.3, 0.4) is 0 Å². The van der Waals surface area contributed by atoms with E-state index >= 15 is 0 Å². The summed E-state index contributed by atoms with van der Waals surface area (Å²) >= 11 is 3.39. The molecule has 2 atom stereocenters. The van der Waals surface area contributed by atoms with E-state index in [0.717, 1.165) is 29.5 Å². The number of ether oxygens (including phenoxy) is 1. The van der Waals surface area contributed by atoms with E-state index in [4.69, 9.17) is 10.5 Å². The lowest BCUT2D eigenvalue weighted by Crippen LogP contribution is -2.43. The van der Waals surface area contributed by atoms with Crippen LogP contribution in [0.5, 0.6) is 0 Å². The zero-order valence-corrected chi connectivity index (χ0v) is 11.3. The quantitative estimate of drug-likeness (QED) is 0.900. The van der Waals surface area contributed by atoms with Crippen LogP contribution >= 0.6 is 15.9 Å². The molecule has 1 aliphatic rings. The Kier molecular flexibility index (Phi) is 4.20. The monoisotopic (exact) mass is 299 g/mol. The fourth-order valence-corrected chi connectivity index (χ4v) is 2.63. The normalized spacial score (nSPS) is 26.8. The van der Waals surface area contributed by atoms with Gasteiger partial charge in [-0.2, -0.15) is 0 Å². The molecule has 1 heterocycles. The Morgan fingerprint density at radius 2 is 2.12 bits per heavy atom. The Bertz CT molecular complexity index is 360. The van der Waals surface area contributed by atoms with Gasteiger partial charge in [-0.05, 0) is 30.5 Å². The number of hydrogen-bond donors (Lipinski definition) is 2. The Labute approximate surface area is 110 Å². The van der Waals surface area contributed by atoms with E-state index in [-0.39, 0.29) is 5.41 Å². The summed E-state index contributed by atoms with van der Waals surface area (Å²) in [6, 6.07) is 7.74. The predicted molar refractivity (Wildman–Crippen MR) is 70.6 cm³/mol. The minimum atomic E-state index is -0.555. The van der Waals surface area contributed by atoms with Crippen LogP contribution in [-0.2, 0) is 4.74 Å². The van der Waals surface area contributed by atoms with Crippen molar-refractivity contribution in [1.82, 2.24) is 0 Å². The number of benzene rings is 1. The Balaban J connectivity index is 2.21. The van der Waals surface area contributed by atoms with Crippen LogP contribution in [0.1, 0.15) is 24.5 Å². The van der Waals surface area contributed by atoms with Crippen LogP contribution in [0.25, 0.3) is 0 Å². The van der Waals surface area contributed by atoms with Gasteiger partial charge in [-0.3, -0.25) is 0 Å². The fourth-order valence-electron chi connectivity index (χ4n) is 2.36. The average molecular weight is 300 g/mol. The largest absolute Gasteiger partial charge is 0.388 e. The minimum Gasteiger partial charge on any atom is -0.388 e. The van der Waals surface area contributed by atoms with Crippen LogP contribution in [-0.4, -0.2) is 24.9 Å². The smallest absolute Gasteiger partial charge is 0.0880 e. The van der Waals surface area contributed by atoms with E-state index in [1.807, 2.05) is 24.3 Å². The molecule has 0 aliphatic carbocycles. The molecule has 0 spiro atoms. The molecular formula is C13H18BrNO2. The number of hydrogen-bond acceptors (Lipinski definition) is 3. The van der Waals surface area contributed by atoms with Crippen molar-refractivity contribution in [3.05, 3.63) is 34.3 Å². The van der Waals surface area contributed by atoms with E-state index in [0.29, 0.717) is 13.2 Å². The maximum absolute atomic E-state index is 10.5. The molecule has 0 amide bonds. The molecule has 0 saturated carbocycles. The molecule has 3 nitrogen and oxygen atoms in total. The lowest BCUT2D eigenvalue weighted by Gasteiger charge is -2.40. The molecule has 0 radical (unpaired) electrons. The maximum Gasteiger partial charge on any atom is 0.0880 e. The van der Waals surface area contributed by atoms with Crippen molar-refractivity contribution in [3.63, 3.8) is 0 Å². The summed E-state index contributed by atoms with van der Waals surface area (Å²) in [4.78, 5) is 0. The number of aliphatic hydroxyl groups is 1. The van der Waals surface area contributed by atoms with Crippen LogP contribution in [0.4, 0.5) is 0 Å². The van der Waals surface area contributed by atoms with Crippen molar-refractivity contribution in [3.8, 4) is 0 Å². The van der Waals surface area contributed by atoms with Gasteiger partial charge in [0.25, 0.3) is 0 Å². The first-order valence-electron chi connectivity index (χ1n) is 5.89. The number of aliphatic hydroxyl groups excluding tert-OH is 1. The zero-order valence-electron chi connectivity index (χ0n) is 9.73. The number of rotatable bonds is 3. The van der Waals surface area contributed by atoms with Gasteiger partial charge in [0.2, 0.25) is 0 Å². The molecule has 1 aliphatic heterocycles. The highest BCUT2D eigenvalue weighted by molar-refractivity contribution is 9.10. The minimum absolute atomic E-state index is 0.327. The molecular weight excluding hydrogens is 282 g/mol. The number of nitrogens with two attached hydrogens (primary N) is 1. The first-order valence-corrected chi connectivity index (χ1v) is 6.69. The topological polar surface area (TPSA) is 55.5 Å². The van der Waals surface area contributed by atoms with Gasteiger partial charge in [-0.25, -0.2) is 0 Å². The molecule has 3 N–H and O–H groups in total. The van der Waals surface area contributed by atoms with Crippen molar-refractivity contribution < 1.29 is 9.84 Å². The molecule has 1 aromatic carbocycles. The van der Waals surface area contributed by atoms with Gasteiger partial charge in [0.05, 0.1) is 12.7 Å². The summed E-state index contributed by atoms with van der Waals surface area (Å²) in [7, 11) is 0. The van der Waals surface area contributed by atoms with Crippen molar-refractivity contribution in [1.29, 1.82) is 0 Å². The van der Waals surface area contributed by atoms with E-state index in [9.17, 15) is 5.11 Å². The fraction of sp³-hybridized carbons (Fsp3) is 0.538. The third kappa shape index (κ3) is 2.71. The number of halogens is 1. The Hall–Kier alpha value is -0.420. The second-order valence-electron chi connectivity index (χ2n) is 4.68. The van der Waals surface area contributed by atoms with E-state index in [2.05, 4.69) is 15.9 Å².